The van der Waals surface area contributed by atoms with Crippen molar-refractivity contribution in [2.75, 3.05) is 10.6 Å². The number of halogens is 1. The summed E-state index contributed by atoms with van der Waals surface area (Å²) >= 11 is 7.28. The molecular weight excluding hydrogens is 294 g/mol. The first-order valence-corrected chi connectivity index (χ1v) is 7.49. The molecule has 1 heterocycles. The number of benzene rings is 1. The van der Waals surface area contributed by atoms with Crippen molar-refractivity contribution in [1.82, 2.24) is 4.98 Å². The molecule has 1 amide bonds. The van der Waals surface area contributed by atoms with Crippen molar-refractivity contribution in [2.45, 2.75) is 20.4 Å². The zero-order chi connectivity index (χ0) is 14.5. The normalized spacial score (nSPS) is 10.6. The minimum atomic E-state index is -0.0379. The van der Waals surface area contributed by atoms with Crippen LogP contribution in [-0.2, 0) is 11.3 Å². The second kappa shape index (κ2) is 6.72. The average Bonchev–Trinajstić information content (AvgIpc) is 2.82. The summed E-state index contributed by atoms with van der Waals surface area (Å²) in [7, 11) is 0. The number of rotatable bonds is 5. The second-order valence-corrected chi connectivity index (χ2v) is 6.38. The molecular formula is C14H16ClN3OS. The monoisotopic (exact) mass is 309 g/mol. The van der Waals surface area contributed by atoms with E-state index in [1.807, 2.05) is 38.1 Å². The summed E-state index contributed by atoms with van der Waals surface area (Å²) in [5.41, 5.74) is 1.71. The number of hydrogen-bond acceptors (Lipinski definition) is 4. The Hall–Kier alpha value is -1.59. The maximum Gasteiger partial charge on any atom is 0.226 e. The van der Waals surface area contributed by atoms with E-state index >= 15 is 0 Å². The van der Waals surface area contributed by atoms with Gasteiger partial charge < -0.3 is 10.6 Å². The van der Waals surface area contributed by atoms with Crippen LogP contribution in [0.15, 0.2) is 30.5 Å². The molecule has 4 nitrogen and oxygen atoms in total. The number of hydrogen-bond donors (Lipinski definition) is 2. The molecule has 0 saturated carbocycles. The highest BCUT2D eigenvalue weighted by atomic mass is 35.5. The molecule has 0 aliphatic heterocycles. The molecule has 6 heteroatoms. The third kappa shape index (κ3) is 4.21. The minimum absolute atomic E-state index is 0.00820. The molecule has 2 rings (SSSR count). The topological polar surface area (TPSA) is 54.0 Å². The lowest BCUT2D eigenvalue weighted by atomic mass is 10.2. The van der Waals surface area contributed by atoms with Crippen LogP contribution in [0.25, 0.3) is 0 Å². The molecule has 0 spiro atoms. The first-order chi connectivity index (χ1) is 9.54. The molecule has 0 aliphatic rings. The highest BCUT2D eigenvalue weighted by Gasteiger charge is 2.07. The molecule has 1 aromatic carbocycles. The lowest BCUT2D eigenvalue weighted by molar-refractivity contribution is -0.118. The predicted molar refractivity (Wildman–Crippen MR) is 84.4 cm³/mol. The largest absolute Gasteiger partial charge is 0.378 e. The second-order valence-electron chi connectivity index (χ2n) is 4.64. The fourth-order valence-corrected chi connectivity index (χ4v) is 2.44. The number of carbonyl (C=O) groups excluding carboxylic acids is 1. The maximum atomic E-state index is 11.7. The van der Waals surface area contributed by atoms with E-state index in [2.05, 4.69) is 15.6 Å². The summed E-state index contributed by atoms with van der Waals surface area (Å²) in [6.45, 7) is 4.34. The zero-order valence-electron chi connectivity index (χ0n) is 11.3. The number of nitrogens with zero attached hydrogens (tertiary/aromatic N) is 1. The third-order valence-electron chi connectivity index (χ3n) is 2.62. The summed E-state index contributed by atoms with van der Waals surface area (Å²) in [6, 6.07) is 7.61. The predicted octanol–water partition coefficient (Wildman–Crippen LogP) is 4.00. The van der Waals surface area contributed by atoms with E-state index in [1.54, 1.807) is 6.20 Å². The van der Waals surface area contributed by atoms with Gasteiger partial charge >= 0.3 is 0 Å². The number of nitrogens with one attached hydrogen (secondary N) is 2. The van der Waals surface area contributed by atoms with Crippen molar-refractivity contribution >= 4 is 40.2 Å². The molecule has 2 N–H and O–H groups in total. The quantitative estimate of drug-likeness (QED) is 0.877. The fourth-order valence-electron chi connectivity index (χ4n) is 1.54. The summed E-state index contributed by atoms with van der Waals surface area (Å²) in [4.78, 5) is 15.8. The fraction of sp³-hybridized carbons (Fsp3) is 0.286. The van der Waals surface area contributed by atoms with Crippen LogP contribution in [0, 0.1) is 5.92 Å². The van der Waals surface area contributed by atoms with Gasteiger partial charge in [0.15, 0.2) is 0 Å². The van der Waals surface area contributed by atoms with Gasteiger partial charge in [-0.3, -0.25) is 4.79 Å². The molecule has 1 aromatic heterocycles. The molecule has 0 bridgehead atoms. The summed E-state index contributed by atoms with van der Waals surface area (Å²) < 4.78 is 0.680. The smallest absolute Gasteiger partial charge is 0.226 e. The van der Waals surface area contributed by atoms with Crippen LogP contribution in [0.5, 0.6) is 0 Å². The number of amides is 1. The van der Waals surface area contributed by atoms with Crippen molar-refractivity contribution in [3.05, 3.63) is 39.8 Å². The Bertz CT molecular complexity index is 598. The lowest BCUT2D eigenvalue weighted by Crippen LogP contribution is -2.17. The van der Waals surface area contributed by atoms with E-state index in [9.17, 15) is 4.79 Å². The Morgan fingerprint density at radius 3 is 2.80 bits per heavy atom. The van der Waals surface area contributed by atoms with Crippen molar-refractivity contribution in [3.8, 4) is 0 Å². The summed E-state index contributed by atoms with van der Waals surface area (Å²) in [5.74, 6) is -0.0297. The van der Waals surface area contributed by atoms with Gasteiger partial charge in [0.1, 0.15) is 9.34 Å². The van der Waals surface area contributed by atoms with Gasteiger partial charge in [0.25, 0.3) is 0 Å². The van der Waals surface area contributed by atoms with Gasteiger partial charge in [0.2, 0.25) is 5.91 Å². The molecule has 0 saturated heterocycles. The highest BCUT2D eigenvalue weighted by molar-refractivity contribution is 7.15. The Morgan fingerprint density at radius 2 is 2.15 bits per heavy atom. The van der Waals surface area contributed by atoms with Crippen molar-refractivity contribution < 1.29 is 4.79 Å². The molecule has 0 radical (unpaired) electrons. The Morgan fingerprint density at radius 1 is 1.40 bits per heavy atom. The van der Waals surface area contributed by atoms with E-state index in [0.29, 0.717) is 10.9 Å². The molecule has 0 atom stereocenters. The number of aromatic nitrogens is 1. The van der Waals surface area contributed by atoms with Crippen LogP contribution in [0.4, 0.5) is 11.4 Å². The SMILES string of the molecule is CC(C)C(=O)Nc1cccc(NCc2ncc(Cl)s2)c1. The molecule has 20 heavy (non-hydrogen) atoms. The van der Waals surface area contributed by atoms with E-state index in [0.717, 1.165) is 16.4 Å². The first-order valence-electron chi connectivity index (χ1n) is 6.29. The average molecular weight is 310 g/mol. The Balaban J connectivity index is 1.97. The van der Waals surface area contributed by atoms with E-state index in [4.69, 9.17) is 11.6 Å². The van der Waals surface area contributed by atoms with E-state index in [1.165, 1.54) is 11.3 Å². The van der Waals surface area contributed by atoms with Gasteiger partial charge in [-0.05, 0) is 18.2 Å². The van der Waals surface area contributed by atoms with Gasteiger partial charge in [0.05, 0.1) is 12.7 Å². The van der Waals surface area contributed by atoms with Crippen LogP contribution in [0.3, 0.4) is 0 Å². The van der Waals surface area contributed by atoms with E-state index < -0.39 is 0 Å². The van der Waals surface area contributed by atoms with Gasteiger partial charge in [-0.1, -0.05) is 31.5 Å². The maximum absolute atomic E-state index is 11.7. The van der Waals surface area contributed by atoms with Crippen LogP contribution in [-0.4, -0.2) is 10.9 Å². The third-order valence-corrected chi connectivity index (χ3v) is 3.74. The standard InChI is InChI=1S/C14H16ClN3OS/c1-9(2)14(19)18-11-5-3-4-10(6-11)16-8-13-17-7-12(15)20-13/h3-7,9,16H,8H2,1-2H3,(H,18,19). The number of anilines is 2. The van der Waals surface area contributed by atoms with Crippen molar-refractivity contribution in [1.29, 1.82) is 0 Å². The summed E-state index contributed by atoms with van der Waals surface area (Å²) in [6.07, 6.45) is 1.64. The Labute approximate surface area is 127 Å². The van der Waals surface area contributed by atoms with Crippen LogP contribution in [0.1, 0.15) is 18.9 Å². The van der Waals surface area contributed by atoms with Crippen molar-refractivity contribution in [2.24, 2.45) is 5.92 Å². The molecule has 2 aromatic rings. The first kappa shape index (κ1) is 14.8. The van der Waals surface area contributed by atoms with Gasteiger partial charge in [0, 0.05) is 17.3 Å². The summed E-state index contributed by atoms with van der Waals surface area (Å²) in [5, 5.41) is 7.05. The molecule has 0 fully saturated rings. The van der Waals surface area contributed by atoms with Crippen molar-refractivity contribution in [3.63, 3.8) is 0 Å². The van der Waals surface area contributed by atoms with Gasteiger partial charge in [-0.2, -0.15) is 0 Å². The molecule has 0 unspecified atom stereocenters. The number of thiazole rings is 1. The van der Waals surface area contributed by atoms with Crippen LogP contribution in [0.2, 0.25) is 4.34 Å². The van der Waals surface area contributed by atoms with Gasteiger partial charge in [-0.25, -0.2) is 4.98 Å². The lowest BCUT2D eigenvalue weighted by Gasteiger charge is -2.10. The molecule has 0 aliphatic carbocycles. The van der Waals surface area contributed by atoms with Gasteiger partial charge in [-0.15, -0.1) is 11.3 Å². The number of carbonyl (C=O) groups is 1. The van der Waals surface area contributed by atoms with E-state index in [-0.39, 0.29) is 11.8 Å². The Kier molecular flexibility index (Phi) is 4.98. The highest BCUT2D eigenvalue weighted by Crippen LogP contribution is 2.20. The molecule has 106 valence electrons. The van der Waals surface area contributed by atoms with Crippen LogP contribution < -0.4 is 10.6 Å². The van der Waals surface area contributed by atoms with Crippen LogP contribution >= 0.6 is 22.9 Å². The minimum Gasteiger partial charge on any atom is -0.378 e. The zero-order valence-corrected chi connectivity index (χ0v) is 12.9.